The molecule has 0 amide bonds. The highest BCUT2D eigenvalue weighted by atomic mass is 16.5. The largest absolute Gasteiger partial charge is 0.462 e. The van der Waals surface area contributed by atoms with Gasteiger partial charge in [-0.1, -0.05) is 0 Å². The van der Waals surface area contributed by atoms with Gasteiger partial charge in [-0.05, 0) is 19.1 Å². The van der Waals surface area contributed by atoms with Crippen molar-refractivity contribution in [3.8, 4) is 5.82 Å². The van der Waals surface area contributed by atoms with Gasteiger partial charge in [0.05, 0.1) is 18.4 Å². The number of aromatic nitrogens is 4. The first kappa shape index (κ1) is 10.3. The van der Waals surface area contributed by atoms with E-state index in [1.165, 1.54) is 10.9 Å². The minimum atomic E-state index is -0.391. The molecular weight excluding hydrogens is 208 g/mol. The van der Waals surface area contributed by atoms with Gasteiger partial charge in [-0.15, -0.1) is 5.10 Å². The summed E-state index contributed by atoms with van der Waals surface area (Å²) < 4.78 is 6.32. The molecule has 0 saturated heterocycles. The van der Waals surface area contributed by atoms with Crippen LogP contribution in [0.3, 0.4) is 0 Å². The molecule has 0 aromatic carbocycles. The van der Waals surface area contributed by atoms with Gasteiger partial charge in [0.2, 0.25) is 0 Å². The maximum absolute atomic E-state index is 11.4. The third-order valence-electron chi connectivity index (χ3n) is 1.89. The van der Waals surface area contributed by atoms with E-state index < -0.39 is 5.97 Å². The van der Waals surface area contributed by atoms with Crippen LogP contribution in [0.4, 0.5) is 0 Å². The molecule has 82 valence electrons. The zero-order valence-electron chi connectivity index (χ0n) is 8.70. The third-order valence-corrected chi connectivity index (χ3v) is 1.89. The Kier molecular flexibility index (Phi) is 2.90. The van der Waals surface area contributed by atoms with Gasteiger partial charge in [0, 0.05) is 12.4 Å². The SMILES string of the molecule is CCOC(=O)c1cnn(-c2cccnn2)c1. The molecule has 6 heteroatoms. The van der Waals surface area contributed by atoms with E-state index in [1.54, 1.807) is 31.5 Å². The number of esters is 1. The summed E-state index contributed by atoms with van der Waals surface area (Å²) in [6.07, 6.45) is 4.56. The van der Waals surface area contributed by atoms with E-state index in [0.717, 1.165) is 0 Å². The zero-order valence-corrected chi connectivity index (χ0v) is 8.70. The number of hydrogen-bond donors (Lipinski definition) is 0. The van der Waals surface area contributed by atoms with Crippen molar-refractivity contribution in [2.24, 2.45) is 0 Å². The average Bonchev–Trinajstić information content (AvgIpc) is 2.80. The first-order valence-electron chi connectivity index (χ1n) is 4.81. The maximum atomic E-state index is 11.4. The van der Waals surface area contributed by atoms with Crippen LogP contribution < -0.4 is 0 Å². The summed E-state index contributed by atoms with van der Waals surface area (Å²) in [5.41, 5.74) is 0.396. The molecule has 2 rings (SSSR count). The Hall–Kier alpha value is -2.24. The fourth-order valence-corrected chi connectivity index (χ4v) is 1.18. The van der Waals surface area contributed by atoms with Crippen LogP contribution in [0.25, 0.3) is 5.82 Å². The van der Waals surface area contributed by atoms with E-state index in [9.17, 15) is 4.79 Å². The normalized spacial score (nSPS) is 10.1. The lowest BCUT2D eigenvalue weighted by atomic mass is 10.4. The minimum absolute atomic E-state index is 0.342. The summed E-state index contributed by atoms with van der Waals surface area (Å²) in [5, 5.41) is 11.6. The lowest BCUT2D eigenvalue weighted by Crippen LogP contribution is -2.03. The molecule has 0 bridgehead atoms. The zero-order chi connectivity index (χ0) is 11.4. The highest BCUT2D eigenvalue weighted by Crippen LogP contribution is 2.05. The van der Waals surface area contributed by atoms with Crippen LogP contribution in [0.5, 0.6) is 0 Å². The van der Waals surface area contributed by atoms with Gasteiger partial charge in [-0.25, -0.2) is 9.48 Å². The van der Waals surface area contributed by atoms with Crippen LogP contribution in [-0.4, -0.2) is 32.6 Å². The molecule has 0 fully saturated rings. The van der Waals surface area contributed by atoms with E-state index in [2.05, 4.69) is 15.3 Å². The summed E-state index contributed by atoms with van der Waals surface area (Å²) in [6.45, 7) is 2.10. The number of carbonyl (C=O) groups excluding carboxylic acids is 1. The van der Waals surface area contributed by atoms with Crippen molar-refractivity contribution in [3.63, 3.8) is 0 Å². The smallest absolute Gasteiger partial charge is 0.341 e. The molecule has 0 aliphatic carbocycles. The minimum Gasteiger partial charge on any atom is -0.462 e. The Morgan fingerprint density at radius 2 is 2.44 bits per heavy atom. The number of hydrogen-bond acceptors (Lipinski definition) is 5. The Labute approximate surface area is 91.9 Å². The van der Waals surface area contributed by atoms with Crippen LogP contribution in [0, 0.1) is 0 Å². The van der Waals surface area contributed by atoms with E-state index in [4.69, 9.17) is 4.74 Å². The van der Waals surface area contributed by atoms with Crippen LogP contribution >= 0.6 is 0 Å². The summed E-state index contributed by atoms with van der Waals surface area (Å²) in [4.78, 5) is 11.4. The molecule has 2 heterocycles. The second kappa shape index (κ2) is 4.52. The fraction of sp³-hybridized carbons (Fsp3) is 0.200. The van der Waals surface area contributed by atoms with Crippen molar-refractivity contribution in [3.05, 3.63) is 36.3 Å². The molecule has 0 saturated carbocycles. The molecule has 0 atom stereocenters. The lowest BCUT2D eigenvalue weighted by Gasteiger charge is -1.97. The van der Waals surface area contributed by atoms with Crippen LogP contribution in [0.15, 0.2) is 30.7 Å². The topological polar surface area (TPSA) is 69.9 Å². The van der Waals surface area contributed by atoms with Crippen molar-refractivity contribution < 1.29 is 9.53 Å². The molecule has 16 heavy (non-hydrogen) atoms. The molecule has 0 N–H and O–H groups in total. The third kappa shape index (κ3) is 2.05. The highest BCUT2D eigenvalue weighted by molar-refractivity contribution is 5.88. The van der Waals surface area contributed by atoms with Crippen LogP contribution in [0.2, 0.25) is 0 Å². The summed E-state index contributed by atoms with van der Waals surface area (Å²) in [7, 11) is 0. The summed E-state index contributed by atoms with van der Waals surface area (Å²) >= 11 is 0. The van der Waals surface area contributed by atoms with Crippen molar-refractivity contribution in [2.45, 2.75) is 6.92 Å². The van der Waals surface area contributed by atoms with Crippen molar-refractivity contribution in [2.75, 3.05) is 6.61 Å². The van der Waals surface area contributed by atoms with Gasteiger partial charge in [0.1, 0.15) is 0 Å². The summed E-state index contributed by atoms with van der Waals surface area (Å²) in [5.74, 6) is 0.163. The second-order valence-corrected chi connectivity index (χ2v) is 2.98. The lowest BCUT2D eigenvalue weighted by molar-refractivity contribution is 0.0526. The van der Waals surface area contributed by atoms with E-state index >= 15 is 0 Å². The van der Waals surface area contributed by atoms with Crippen LogP contribution in [-0.2, 0) is 4.74 Å². The molecule has 0 aliphatic rings. The molecule has 6 nitrogen and oxygen atoms in total. The molecule has 0 radical (unpaired) electrons. The standard InChI is InChI=1S/C10H10N4O2/c1-2-16-10(15)8-6-12-14(7-8)9-4-3-5-11-13-9/h3-7H,2H2,1H3. The van der Waals surface area contributed by atoms with Crippen molar-refractivity contribution in [1.29, 1.82) is 0 Å². The number of nitrogens with zero attached hydrogens (tertiary/aromatic N) is 4. The molecule has 2 aromatic rings. The Balaban J connectivity index is 2.23. The number of carbonyl (C=O) groups is 1. The fourth-order valence-electron chi connectivity index (χ4n) is 1.18. The monoisotopic (exact) mass is 218 g/mol. The molecular formula is C10H10N4O2. The van der Waals surface area contributed by atoms with E-state index in [0.29, 0.717) is 18.0 Å². The molecule has 0 aliphatic heterocycles. The van der Waals surface area contributed by atoms with Crippen molar-refractivity contribution >= 4 is 5.97 Å². The van der Waals surface area contributed by atoms with Gasteiger partial charge in [-0.2, -0.15) is 10.2 Å². The Morgan fingerprint density at radius 1 is 1.56 bits per heavy atom. The molecule has 2 aromatic heterocycles. The van der Waals surface area contributed by atoms with Gasteiger partial charge in [0.15, 0.2) is 5.82 Å². The van der Waals surface area contributed by atoms with E-state index in [-0.39, 0.29) is 0 Å². The maximum Gasteiger partial charge on any atom is 0.341 e. The number of rotatable bonds is 3. The average molecular weight is 218 g/mol. The van der Waals surface area contributed by atoms with Crippen molar-refractivity contribution in [1.82, 2.24) is 20.0 Å². The first-order chi connectivity index (χ1) is 7.81. The highest BCUT2D eigenvalue weighted by Gasteiger charge is 2.10. The van der Waals surface area contributed by atoms with Gasteiger partial charge < -0.3 is 4.74 Å². The predicted molar refractivity (Wildman–Crippen MR) is 55.1 cm³/mol. The Morgan fingerprint density at radius 3 is 3.12 bits per heavy atom. The van der Waals surface area contributed by atoms with Gasteiger partial charge in [0.25, 0.3) is 0 Å². The number of ether oxygens (including phenoxy) is 1. The summed E-state index contributed by atoms with van der Waals surface area (Å²) in [6, 6.07) is 3.49. The van der Waals surface area contributed by atoms with Gasteiger partial charge >= 0.3 is 5.97 Å². The molecule has 0 unspecified atom stereocenters. The Bertz CT molecular complexity index is 481. The quantitative estimate of drug-likeness (QED) is 0.714. The second-order valence-electron chi connectivity index (χ2n) is 2.98. The van der Waals surface area contributed by atoms with Gasteiger partial charge in [-0.3, -0.25) is 0 Å². The first-order valence-corrected chi connectivity index (χ1v) is 4.81. The van der Waals surface area contributed by atoms with E-state index in [1.807, 2.05) is 0 Å². The predicted octanol–water partition coefficient (Wildman–Crippen LogP) is 0.839. The molecule has 0 spiro atoms. The van der Waals surface area contributed by atoms with Crippen LogP contribution in [0.1, 0.15) is 17.3 Å².